The van der Waals surface area contributed by atoms with Gasteiger partial charge in [0.2, 0.25) is 5.95 Å². The van der Waals surface area contributed by atoms with Crippen LogP contribution < -0.4 is 4.90 Å². The van der Waals surface area contributed by atoms with Gasteiger partial charge in [-0.3, -0.25) is 0 Å². The summed E-state index contributed by atoms with van der Waals surface area (Å²) in [5.74, 6) is 0.851. The largest absolute Gasteiger partial charge is 0.341 e. The SMILES string of the molecule is CCC(c1ccc(F)cc1)c1cnc(N2CCCCC2)nc1. The lowest BCUT2D eigenvalue weighted by Crippen LogP contribution is -2.30. The lowest BCUT2D eigenvalue weighted by atomic mass is 9.91. The van der Waals surface area contributed by atoms with E-state index < -0.39 is 0 Å². The number of piperidine rings is 1. The van der Waals surface area contributed by atoms with Crippen LogP contribution in [0.4, 0.5) is 10.3 Å². The molecule has 2 heterocycles. The highest BCUT2D eigenvalue weighted by Crippen LogP contribution is 2.27. The third kappa shape index (κ3) is 3.26. The summed E-state index contributed by atoms with van der Waals surface area (Å²) in [6, 6.07) is 6.73. The average molecular weight is 299 g/mol. The van der Waals surface area contributed by atoms with Crippen LogP contribution in [-0.4, -0.2) is 23.1 Å². The Morgan fingerprint density at radius 2 is 1.64 bits per heavy atom. The van der Waals surface area contributed by atoms with E-state index in [4.69, 9.17) is 0 Å². The van der Waals surface area contributed by atoms with Gasteiger partial charge >= 0.3 is 0 Å². The summed E-state index contributed by atoms with van der Waals surface area (Å²) < 4.78 is 13.1. The number of hydrogen-bond donors (Lipinski definition) is 0. The summed E-state index contributed by atoms with van der Waals surface area (Å²) in [5.41, 5.74) is 2.20. The summed E-state index contributed by atoms with van der Waals surface area (Å²) in [5, 5.41) is 0. The smallest absolute Gasteiger partial charge is 0.225 e. The molecule has 4 heteroatoms. The first kappa shape index (κ1) is 14.9. The molecule has 0 aliphatic carbocycles. The Kier molecular flexibility index (Phi) is 4.66. The number of anilines is 1. The molecule has 1 unspecified atom stereocenters. The standard InChI is InChI=1S/C18H22FN3/c1-2-17(14-6-8-16(19)9-7-14)15-12-20-18(21-13-15)22-10-4-3-5-11-22/h6-9,12-13,17H,2-5,10-11H2,1H3. The van der Waals surface area contributed by atoms with Crippen LogP contribution in [0.25, 0.3) is 0 Å². The fraction of sp³-hybridized carbons (Fsp3) is 0.444. The van der Waals surface area contributed by atoms with Crippen LogP contribution in [-0.2, 0) is 0 Å². The first-order valence-corrected chi connectivity index (χ1v) is 8.10. The van der Waals surface area contributed by atoms with E-state index >= 15 is 0 Å². The van der Waals surface area contributed by atoms with Gasteiger partial charge in [-0.25, -0.2) is 14.4 Å². The van der Waals surface area contributed by atoms with Crippen LogP contribution in [0.15, 0.2) is 36.7 Å². The molecule has 1 saturated heterocycles. The molecule has 0 saturated carbocycles. The highest BCUT2D eigenvalue weighted by Gasteiger charge is 2.16. The minimum atomic E-state index is -0.199. The van der Waals surface area contributed by atoms with Crippen LogP contribution in [0.5, 0.6) is 0 Å². The second-order valence-electron chi connectivity index (χ2n) is 5.88. The normalized spacial score (nSPS) is 16.5. The highest BCUT2D eigenvalue weighted by atomic mass is 19.1. The van der Waals surface area contributed by atoms with Crippen molar-refractivity contribution in [3.05, 3.63) is 53.6 Å². The van der Waals surface area contributed by atoms with Gasteiger partial charge in [-0.05, 0) is 48.9 Å². The molecule has 0 bridgehead atoms. The molecule has 1 aliphatic heterocycles. The predicted octanol–water partition coefficient (Wildman–Crippen LogP) is 4.15. The van der Waals surface area contributed by atoms with E-state index in [1.807, 2.05) is 24.5 Å². The van der Waals surface area contributed by atoms with E-state index in [-0.39, 0.29) is 11.7 Å². The van der Waals surface area contributed by atoms with Gasteiger partial charge < -0.3 is 4.90 Å². The molecular weight excluding hydrogens is 277 g/mol. The number of rotatable bonds is 4. The average Bonchev–Trinajstić information content (AvgIpc) is 2.59. The first-order chi connectivity index (χ1) is 10.8. The Balaban J connectivity index is 1.79. The van der Waals surface area contributed by atoms with E-state index in [1.54, 1.807) is 0 Å². The molecule has 0 N–H and O–H groups in total. The molecule has 0 radical (unpaired) electrons. The minimum Gasteiger partial charge on any atom is -0.341 e. The third-order valence-electron chi connectivity index (χ3n) is 4.38. The van der Waals surface area contributed by atoms with E-state index in [9.17, 15) is 4.39 Å². The van der Waals surface area contributed by atoms with Crippen LogP contribution in [0.2, 0.25) is 0 Å². The maximum absolute atomic E-state index is 13.1. The first-order valence-electron chi connectivity index (χ1n) is 8.10. The van der Waals surface area contributed by atoms with Crippen molar-refractivity contribution in [3.8, 4) is 0 Å². The molecule has 1 aromatic carbocycles. The van der Waals surface area contributed by atoms with Crippen LogP contribution in [0.1, 0.15) is 49.7 Å². The molecule has 3 nitrogen and oxygen atoms in total. The fourth-order valence-electron chi connectivity index (χ4n) is 3.13. The molecule has 1 atom stereocenters. The Labute approximate surface area is 131 Å². The van der Waals surface area contributed by atoms with E-state index in [0.717, 1.165) is 36.6 Å². The molecule has 116 valence electrons. The van der Waals surface area contributed by atoms with Crippen molar-refractivity contribution in [3.63, 3.8) is 0 Å². The predicted molar refractivity (Wildman–Crippen MR) is 86.6 cm³/mol. The van der Waals surface area contributed by atoms with Crippen molar-refractivity contribution in [2.75, 3.05) is 18.0 Å². The molecule has 0 amide bonds. The topological polar surface area (TPSA) is 29.0 Å². The molecule has 22 heavy (non-hydrogen) atoms. The number of hydrogen-bond acceptors (Lipinski definition) is 3. The minimum absolute atomic E-state index is 0.199. The summed E-state index contributed by atoms with van der Waals surface area (Å²) in [7, 11) is 0. The molecule has 1 aromatic heterocycles. The maximum Gasteiger partial charge on any atom is 0.225 e. The molecule has 3 rings (SSSR count). The summed E-state index contributed by atoms with van der Waals surface area (Å²) in [6.07, 6.45) is 8.54. The van der Waals surface area contributed by atoms with E-state index in [2.05, 4.69) is 21.8 Å². The summed E-state index contributed by atoms with van der Waals surface area (Å²) in [6.45, 7) is 4.23. The molecule has 1 fully saturated rings. The van der Waals surface area contributed by atoms with Crippen LogP contribution in [0.3, 0.4) is 0 Å². The quantitative estimate of drug-likeness (QED) is 0.849. The van der Waals surface area contributed by atoms with Crippen molar-refractivity contribution in [2.24, 2.45) is 0 Å². The van der Waals surface area contributed by atoms with Gasteiger partial charge in [0, 0.05) is 31.4 Å². The number of benzene rings is 1. The van der Waals surface area contributed by atoms with E-state index in [1.165, 1.54) is 31.4 Å². The van der Waals surface area contributed by atoms with Crippen molar-refractivity contribution in [1.82, 2.24) is 9.97 Å². The fourth-order valence-corrected chi connectivity index (χ4v) is 3.13. The molecule has 2 aromatic rings. The Bertz CT molecular complexity index is 589. The maximum atomic E-state index is 13.1. The van der Waals surface area contributed by atoms with Crippen molar-refractivity contribution < 1.29 is 4.39 Å². The van der Waals surface area contributed by atoms with Gasteiger partial charge in [0.1, 0.15) is 5.82 Å². The Morgan fingerprint density at radius 1 is 1.00 bits per heavy atom. The monoisotopic (exact) mass is 299 g/mol. The second-order valence-corrected chi connectivity index (χ2v) is 5.88. The van der Waals surface area contributed by atoms with Crippen molar-refractivity contribution in [2.45, 2.75) is 38.5 Å². The molecule has 0 spiro atoms. The van der Waals surface area contributed by atoms with Crippen molar-refractivity contribution >= 4 is 5.95 Å². The lowest BCUT2D eigenvalue weighted by Gasteiger charge is -2.26. The van der Waals surface area contributed by atoms with Gasteiger partial charge in [-0.1, -0.05) is 19.1 Å². The van der Waals surface area contributed by atoms with Gasteiger partial charge in [-0.15, -0.1) is 0 Å². The molecular formula is C18H22FN3. The zero-order valence-corrected chi connectivity index (χ0v) is 13.0. The van der Waals surface area contributed by atoms with E-state index in [0.29, 0.717) is 0 Å². The zero-order valence-electron chi connectivity index (χ0n) is 13.0. The van der Waals surface area contributed by atoms with Gasteiger partial charge in [0.05, 0.1) is 0 Å². The zero-order chi connectivity index (χ0) is 15.4. The highest BCUT2D eigenvalue weighted by molar-refractivity contribution is 5.34. The van der Waals surface area contributed by atoms with Crippen LogP contribution >= 0.6 is 0 Å². The number of halogens is 1. The molecule has 1 aliphatic rings. The summed E-state index contributed by atoms with van der Waals surface area (Å²) >= 11 is 0. The van der Waals surface area contributed by atoms with Gasteiger partial charge in [0.25, 0.3) is 0 Å². The number of nitrogens with zero attached hydrogens (tertiary/aromatic N) is 3. The number of aromatic nitrogens is 2. The lowest BCUT2D eigenvalue weighted by molar-refractivity contribution is 0.567. The Hall–Kier alpha value is -1.97. The van der Waals surface area contributed by atoms with Crippen molar-refractivity contribution in [1.29, 1.82) is 0 Å². The Morgan fingerprint density at radius 3 is 2.23 bits per heavy atom. The van der Waals surface area contributed by atoms with Crippen LogP contribution in [0, 0.1) is 5.82 Å². The van der Waals surface area contributed by atoms with Gasteiger partial charge in [-0.2, -0.15) is 0 Å². The van der Waals surface area contributed by atoms with Gasteiger partial charge in [0.15, 0.2) is 0 Å². The second kappa shape index (κ2) is 6.86. The third-order valence-corrected chi connectivity index (χ3v) is 4.38. The summed E-state index contributed by atoms with van der Waals surface area (Å²) in [4.78, 5) is 11.4.